The van der Waals surface area contributed by atoms with Gasteiger partial charge in [-0.25, -0.2) is 0 Å². The van der Waals surface area contributed by atoms with E-state index in [0.717, 1.165) is 11.4 Å². The molecule has 0 aromatic heterocycles. The quantitative estimate of drug-likeness (QED) is 0.838. The summed E-state index contributed by atoms with van der Waals surface area (Å²) >= 11 is 0. The van der Waals surface area contributed by atoms with E-state index >= 15 is 0 Å². The van der Waals surface area contributed by atoms with Crippen LogP contribution in [0.2, 0.25) is 0 Å². The minimum atomic E-state index is 0.658. The molecular formula is C14H15NO. The van der Waals surface area contributed by atoms with Crippen LogP contribution in [0.1, 0.15) is 5.56 Å². The number of rotatable bonds is 4. The van der Waals surface area contributed by atoms with Gasteiger partial charge in [0.1, 0.15) is 0 Å². The topological polar surface area (TPSA) is 21.3 Å². The van der Waals surface area contributed by atoms with Crippen molar-refractivity contribution in [2.75, 3.05) is 12.4 Å². The molecular weight excluding hydrogens is 198 g/mol. The Morgan fingerprint density at radius 3 is 2.12 bits per heavy atom. The lowest BCUT2D eigenvalue weighted by atomic mass is 10.2. The highest BCUT2D eigenvalue weighted by molar-refractivity contribution is 5.59. The maximum atomic E-state index is 5.07. The van der Waals surface area contributed by atoms with Crippen LogP contribution >= 0.6 is 0 Å². The lowest BCUT2D eigenvalue weighted by Crippen LogP contribution is -1.91. The Bertz CT molecular complexity index is 422. The molecule has 0 aliphatic heterocycles. The second kappa shape index (κ2) is 5.33. The molecule has 0 saturated heterocycles. The maximum absolute atomic E-state index is 5.07. The van der Waals surface area contributed by atoms with Crippen LogP contribution in [0.5, 0.6) is 0 Å². The number of ether oxygens (including phenoxy) is 1. The van der Waals surface area contributed by atoms with E-state index in [1.165, 1.54) is 5.56 Å². The van der Waals surface area contributed by atoms with Crippen LogP contribution in [0.4, 0.5) is 11.4 Å². The van der Waals surface area contributed by atoms with E-state index in [1.54, 1.807) is 7.11 Å². The van der Waals surface area contributed by atoms with E-state index in [0.29, 0.717) is 6.61 Å². The Hall–Kier alpha value is -1.80. The van der Waals surface area contributed by atoms with E-state index < -0.39 is 0 Å². The third-order valence-corrected chi connectivity index (χ3v) is 2.33. The van der Waals surface area contributed by atoms with Crippen LogP contribution in [0, 0.1) is 0 Å². The summed E-state index contributed by atoms with van der Waals surface area (Å²) in [5.74, 6) is 0. The van der Waals surface area contributed by atoms with Crippen molar-refractivity contribution in [2.24, 2.45) is 0 Å². The van der Waals surface area contributed by atoms with Crippen molar-refractivity contribution < 1.29 is 4.74 Å². The van der Waals surface area contributed by atoms with Crippen LogP contribution in [0.25, 0.3) is 0 Å². The van der Waals surface area contributed by atoms with Gasteiger partial charge >= 0.3 is 0 Å². The third kappa shape index (κ3) is 2.84. The number of benzene rings is 2. The molecule has 0 fully saturated rings. The number of hydrogen-bond acceptors (Lipinski definition) is 2. The van der Waals surface area contributed by atoms with Crippen molar-refractivity contribution in [2.45, 2.75) is 6.61 Å². The average Bonchev–Trinajstić information content (AvgIpc) is 2.33. The molecule has 0 unspecified atom stereocenters. The van der Waals surface area contributed by atoms with Crippen LogP contribution in [0.3, 0.4) is 0 Å². The molecule has 0 saturated carbocycles. The molecule has 0 amide bonds. The molecule has 2 aromatic carbocycles. The summed E-state index contributed by atoms with van der Waals surface area (Å²) in [4.78, 5) is 0. The van der Waals surface area contributed by atoms with Crippen molar-refractivity contribution in [3.63, 3.8) is 0 Å². The third-order valence-electron chi connectivity index (χ3n) is 2.33. The predicted octanol–water partition coefficient (Wildman–Crippen LogP) is 3.58. The molecule has 0 aliphatic carbocycles. The van der Waals surface area contributed by atoms with Crippen LogP contribution in [-0.2, 0) is 11.3 Å². The largest absolute Gasteiger partial charge is 0.380 e. The molecule has 0 heterocycles. The molecule has 2 nitrogen and oxygen atoms in total. The van der Waals surface area contributed by atoms with Gasteiger partial charge in [-0.3, -0.25) is 0 Å². The lowest BCUT2D eigenvalue weighted by molar-refractivity contribution is 0.185. The van der Waals surface area contributed by atoms with Gasteiger partial charge in [-0.05, 0) is 29.8 Å². The summed E-state index contributed by atoms with van der Waals surface area (Å²) in [6.07, 6.45) is 0. The van der Waals surface area contributed by atoms with Gasteiger partial charge in [0.25, 0.3) is 0 Å². The highest BCUT2D eigenvalue weighted by Crippen LogP contribution is 2.16. The first-order valence-corrected chi connectivity index (χ1v) is 5.28. The molecule has 0 radical (unpaired) electrons. The number of anilines is 2. The molecule has 1 N–H and O–H groups in total. The van der Waals surface area contributed by atoms with Gasteiger partial charge < -0.3 is 10.1 Å². The van der Waals surface area contributed by atoms with Gasteiger partial charge in [0.2, 0.25) is 0 Å². The summed E-state index contributed by atoms with van der Waals surface area (Å²) < 4.78 is 5.07. The first-order valence-electron chi connectivity index (χ1n) is 5.28. The van der Waals surface area contributed by atoms with E-state index in [9.17, 15) is 0 Å². The van der Waals surface area contributed by atoms with Crippen molar-refractivity contribution >= 4 is 11.4 Å². The summed E-state index contributed by atoms with van der Waals surface area (Å²) in [5.41, 5.74) is 3.37. The zero-order chi connectivity index (χ0) is 11.2. The van der Waals surface area contributed by atoms with Crippen molar-refractivity contribution in [3.8, 4) is 0 Å². The molecule has 82 valence electrons. The summed E-state index contributed by atoms with van der Waals surface area (Å²) in [7, 11) is 1.70. The van der Waals surface area contributed by atoms with Crippen molar-refractivity contribution in [1.29, 1.82) is 0 Å². The van der Waals surface area contributed by atoms with Gasteiger partial charge in [-0.15, -0.1) is 0 Å². The standard InChI is InChI=1S/C14H15NO/c1-16-11-12-7-9-14(10-8-12)15-13-5-3-2-4-6-13/h2-10,15H,11H2,1H3. The van der Waals surface area contributed by atoms with Gasteiger partial charge in [-0.1, -0.05) is 30.3 Å². The summed E-state index contributed by atoms with van der Waals surface area (Å²) in [6.45, 7) is 0.658. The Balaban J connectivity index is 2.05. The number of nitrogens with one attached hydrogen (secondary N) is 1. The minimum Gasteiger partial charge on any atom is -0.380 e. The monoisotopic (exact) mass is 213 g/mol. The van der Waals surface area contributed by atoms with Crippen LogP contribution in [0.15, 0.2) is 54.6 Å². The van der Waals surface area contributed by atoms with Crippen molar-refractivity contribution in [1.82, 2.24) is 0 Å². The number of hydrogen-bond donors (Lipinski definition) is 1. The molecule has 2 rings (SSSR count). The normalized spacial score (nSPS) is 10.1. The van der Waals surface area contributed by atoms with Gasteiger partial charge in [0.05, 0.1) is 6.61 Å². The number of methoxy groups -OCH3 is 1. The fourth-order valence-corrected chi connectivity index (χ4v) is 1.54. The molecule has 0 spiro atoms. The van der Waals surface area contributed by atoms with E-state index in [1.807, 2.05) is 30.3 Å². The molecule has 2 heteroatoms. The average molecular weight is 213 g/mol. The SMILES string of the molecule is COCc1ccc(Nc2ccccc2)cc1. The van der Waals surface area contributed by atoms with Gasteiger partial charge in [0.15, 0.2) is 0 Å². The first-order chi connectivity index (χ1) is 7.88. The minimum absolute atomic E-state index is 0.658. The Morgan fingerprint density at radius 1 is 0.875 bits per heavy atom. The highest BCUT2D eigenvalue weighted by Gasteiger charge is 1.94. The highest BCUT2D eigenvalue weighted by atomic mass is 16.5. The Kier molecular flexibility index (Phi) is 3.57. The second-order valence-corrected chi connectivity index (χ2v) is 3.62. The molecule has 16 heavy (non-hydrogen) atoms. The molecule has 2 aromatic rings. The molecule has 0 atom stereocenters. The van der Waals surface area contributed by atoms with E-state index in [-0.39, 0.29) is 0 Å². The number of para-hydroxylation sites is 1. The zero-order valence-electron chi connectivity index (χ0n) is 9.31. The summed E-state index contributed by atoms with van der Waals surface area (Å²) in [6, 6.07) is 18.4. The Labute approximate surface area is 95.9 Å². The van der Waals surface area contributed by atoms with Gasteiger partial charge in [0, 0.05) is 18.5 Å². The molecule has 0 bridgehead atoms. The van der Waals surface area contributed by atoms with Crippen molar-refractivity contribution in [3.05, 3.63) is 60.2 Å². The zero-order valence-corrected chi connectivity index (χ0v) is 9.31. The maximum Gasteiger partial charge on any atom is 0.0713 e. The molecule has 0 aliphatic rings. The first kappa shape index (κ1) is 10.7. The Morgan fingerprint density at radius 2 is 1.50 bits per heavy atom. The van der Waals surface area contributed by atoms with Gasteiger partial charge in [-0.2, -0.15) is 0 Å². The van der Waals surface area contributed by atoms with E-state index in [4.69, 9.17) is 4.74 Å². The van der Waals surface area contributed by atoms with Crippen LogP contribution in [-0.4, -0.2) is 7.11 Å². The van der Waals surface area contributed by atoms with E-state index in [2.05, 4.69) is 29.6 Å². The smallest absolute Gasteiger partial charge is 0.0713 e. The fourth-order valence-electron chi connectivity index (χ4n) is 1.54. The second-order valence-electron chi connectivity index (χ2n) is 3.62. The fraction of sp³-hybridized carbons (Fsp3) is 0.143. The predicted molar refractivity (Wildman–Crippen MR) is 66.9 cm³/mol. The lowest BCUT2D eigenvalue weighted by Gasteiger charge is -2.07. The summed E-state index contributed by atoms with van der Waals surface area (Å²) in [5, 5.41) is 3.33. The van der Waals surface area contributed by atoms with Crippen LogP contribution < -0.4 is 5.32 Å².